The second-order valence-electron chi connectivity index (χ2n) is 9.85. The zero-order chi connectivity index (χ0) is 25.5. The largest absolute Gasteiger partial charge is 0.496 e. The van der Waals surface area contributed by atoms with Crippen molar-refractivity contribution in [2.45, 2.75) is 45.6 Å². The van der Waals surface area contributed by atoms with Gasteiger partial charge in [0, 0.05) is 19.5 Å². The third-order valence-electron chi connectivity index (χ3n) is 6.23. The van der Waals surface area contributed by atoms with E-state index in [1.165, 1.54) is 5.56 Å². The van der Waals surface area contributed by atoms with Crippen molar-refractivity contribution in [1.29, 1.82) is 0 Å². The van der Waals surface area contributed by atoms with Crippen molar-refractivity contribution in [3.05, 3.63) is 89.7 Å². The Balaban J connectivity index is 1.36. The third kappa shape index (κ3) is 6.06. The number of carbonyl (C=O) groups is 1. The molecule has 0 saturated carbocycles. The summed E-state index contributed by atoms with van der Waals surface area (Å²) in [4.78, 5) is 17.5. The first-order valence-corrected chi connectivity index (χ1v) is 12.5. The van der Waals surface area contributed by atoms with E-state index in [-0.39, 0.29) is 11.3 Å². The van der Waals surface area contributed by atoms with Crippen LogP contribution in [-0.4, -0.2) is 35.7 Å². The van der Waals surface area contributed by atoms with Crippen molar-refractivity contribution in [2.75, 3.05) is 20.3 Å². The van der Waals surface area contributed by atoms with E-state index >= 15 is 0 Å². The number of nitrogens with zero attached hydrogens (tertiary/aromatic N) is 2. The van der Waals surface area contributed by atoms with Crippen LogP contribution in [-0.2, 0) is 18.4 Å². The molecule has 6 heteroatoms. The molecule has 0 aliphatic carbocycles. The molecule has 0 bridgehead atoms. The molecule has 0 unspecified atom stereocenters. The lowest BCUT2D eigenvalue weighted by molar-refractivity contribution is 0.0951. The molecule has 1 amide bonds. The molecule has 0 saturated heterocycles. The molecular weight excluding hydrogens is 450 g/mol. The van der Waals surface area contributed by atoms with Gasteiger partial charge in [-0.3, -0.25) is 4.79 Å². The highest BCUT2D eigenvalue weighted by molar-refractivity contribution is 5.96. The van der Waals surface area contributed by atoms with Crippen molar-refractivity contribution in [1.82, 2.24) is 14.9 Å². The molecule has 4 aromatic rings. The van der Waals surface area contributed by atoms with Gasteiger partial charge in [-0.1, -0.05) is 57.2 Å². The Morgan fingerprint density at radius 3 is 2.44 bits per heavy atom. The molecule has 1 N–H and O–H groups in total. The Kier molecular flexibility index (Phi) is 7.93. The van der Waals surface area contributed by atoms with E-state index in [2.05, 4.69) is 48.9 Å². The van der Waals surface area contributed by atoms with Gasteiger partial charge < -0.3 is 19.4 Å². The minimum atomic E-state index is -0.152. The van der Waals surface area contributed by atoms with E-state index in [9.17, 15) is 4.79 Å². The van der Waals surface area contributed by atoms with Gasteiger partial charge in [-0.2, -0.15) is 0 Å². The summed E-state index contributed by atoms with van der Waals surface area (Å²) in [5.41, 5.74) is 4.01. The standard InChI is InChI=1S/C30H35N3O3/c1-30(2,3)22-14-16-23(17-15-22)36-21-9-20-33-26-12-7-6-11-25(26)32-28(33)18-19-31-29(34)24-10-5-8-13-27(24)35-4/h5-8,10-17H,9,18-21H2,1-4H3,(H,31,34). The molecule has 1 aromatic heterocycles. The maximum absolute atomic E-state index is 12.7. The average Bonchev–Trinajstić information content (AvgIpc) is 3.23. The Hall–Kier alpha value is -3.80. The van der Waals surface area contributed by atoms with Crippen molar-refractivity contribution < 1.29 is 14.3 Å². The number of carbonyl (C=O) groups excluding carboxylic acids is 1. The Morgan fingerprint density at radius 1 is 0.972 bits per heavy atom. The van der Waals surface area contributed by atoms with Gasteiger partial charge in [0.05, 0.1) is 30.3 Å². The molecular formula is C30H35N3O3. The van der Waals surface area contributed by atoms with E-state index in [1.807, 2.05) is 42.5 Å². The zero-order valence-electron chi connectivity index (χ0n) is 21.6. The number of aryl methyl sites for hydroxylation is 1. The maximum Gasteiger partial charge on any atom is 0.255 e. The van der Waals surface area contributed by atoms with Crippen LogP contribution in [0.5, 0.6) is 11.5 Å². The van der Waals surface area contributed by atoms with E-state index < -0.39 is 0 Å². The van der Waals surface area contributed by atoms with Crippen LogP contribution >= 0.6 is 0 Å². The summed E-state index contributed by atoms with van der Waals surface area (Å²) in [6, 6.07) is 23.7. The molecule has 0 fully saturated rings. The lowest BCUT2D eigenvalue weighted by atomic mass is 9.87. The number of nitrogens with one attached hydrogen (secondary N) is 1. The van der Waals surface area contributed by atoms with Crippen LogP contribution in [0.2, 0.25) is 0 Å². The molecule has 36 heavy (non-hydrogen) atoms. The SMILES string of the molecule is COc1ccccc1C(=O)NCCc1nc2ccccc2n1CCCOc1ccc(C(C)(C)C)cc1. The van der Waals surface area contributed by atoms with Crippen LogP contribution in [0, 0.1) is 0 Å². The van der Waals surface area contributed by atoms with Crippen LogP contribution in [0.1, 0.15) is 48.9 Å². The number of hydrogen-bond acceptors (Lipinski definition) is 4. The number of methoxy groups -OCH3 is 1. The van der Waals surface area contributed by atoms with Crippen LogP contribution in [0.4, 0.5) is 0 Å². The van der Waals surface area contributed by atoms with Gasteiger partial charge in [0.25, 0.3) is 5.91 Å². The van der Waals surface area contributed by atoms with Crippen LogP contribution in [0.15, 0.2) is 72.8 Å². The fraction of sp³-hybridized carbons (Fsp3) is 0.333. The first kappa shape index (κ1) is 25.3. The van der Waals surface area contributed by atoms with E-state index in [1.54, 1.807) is 19.2 Å². The van der Waals surface area contributed by atoms with Gasteiger partial charge in [-0.25, -0.2) is 4.98 Å². The number of benzene rings is 3. The first-order chi connectivity index (χ1) is 17.4. The van der Waals surface area contributed by atoms with E-state index in [4.69, 9.17) is 14.5 Å². The van der Waals surface area contributed by atoms with Gasteiger partial charge >= 0.3 is 0 Å². The highest BCUT2D eigenvalue weighted by Crippen LogP contribution is 2.24. The lowest BCUT2D eigenvalue weighted by Crippen LogP contribution is -2.27. The summed E-state index contributed by atoms with van der Waals surface area (Å²) in [7, 11) is 1.57. The smallest absolute Gasteiger partial charge is 0.255 e. The molecule has 0 aliphatic heterocycles. The van der Waals surface area contributed by atoms with Crippen LogP contribution < -0.4 is 14.8 Å². The molecule has 3 aromatic carbocycles. The molecule has 6 nitrogen and oxygen atoms in total. The predicted molar refractivity (Wildman–Crippen MR) is 144 cm³/mol. The molecule has 0 atom stereocenters. The van der Waals surface area contributed by atoms with Crippen molar-refractivity contribution >= 4 is 16.9 Å². The third-order valence-corrected chi connectivity index (χ3v) is 6.23. The van der Waals surface area contributed by atoms with Crippen LogP contribution in [0.3, 0.4) is 0 Å². The number of fused-ring (bicyclic) bond motifs is 1. The number of ether oxygens (including phenoxy) is 2. The molecule has 188 valence electrons. The highest BCUT2D eigenvalue weighted by Gasteiger charge is 2.15. The summed E-state index contributed by atoms with van der Waals surface area (Å²) in [6.45, 7) is 8.51. The van der Waals surface area contributed by atoms with Crippen molar-refractivity contribution in [3.8, 4) is 11.5 Å². The lowest BCUT2D eigenvalue weighted by Gasteiger charge is -2.19. The fourth-order valence-electron chi connectivity index (χ4n) is 4.24. The van der Waals surface area contributed by atoms with Gasteiger partial charge in [0.2, 0.25) is 0 Å². The molecule has 0 aliphatic rings. The van der Waals surface area contributed by atoms with Gasteiger partial charge in [-0.05, 0) is 53.8 Å². The number of para-hydroxylation sites is 3. The Labute approximate surface area is 213 Å². The van der Waals surface area contributed by atoms with Gasteiger partial charge in [0.1, 0.15) is 17.3 Å². The Bertz CT molecular complexity index is 1300. The van der Waals surface area contributed by atoms with Crippen molar-refractivity contribution in [2.24, 2.45) is 0 Å². The van der Waals surface area contributed by atoms with Crippen LogP contribution in [0.25, 0.3) is 11.0 Å². The maximum atomic E-state index is 12.7. The minimum absolute atomic E-state index is 0.129. The number of hydrogen-bond donors (Lipinski definition) is 1. The molecule has 0 radical (unpaired) electrons. The second kappa shape index (κ2) is 11.3. The number of rotatable bonds is 10. The van der Waals surface area contributed by atoms with E-state index in [0.29, 0.717) is 30.9 Å². The Morgan fingerprint density at radius 2 is 1.69 bits per heavy atom. The quantitative estimate of drug-likeness (QED) is 0.289. The topological polar surface area (TPSA) is 65.4 Å². The summed E-state index contributed by atoms with van der Waals surface area (Å²) in [6.07, 6.45) is 1.48. The number of aromatic nitrogens is 2. The minimum Gasteiger partial charge on any atom is -0.496 e. The fourth-order valence-corrected chi connectivity index (χ4v) is 4.24. The summed E-state index contributed by atoms with van der Waals surface area (Å²) >= 11 is 0. The number of imidazole rings is 1. The van der Waals surface area contributed by atoms with Gasteiger partial charge in [0.15, 0.2) is 0 Å². The molecule has 4 rings (SSSR count). The average molecular weight is 486 g/mol. The van der Waals surface area contributed by atoms with Gasteiger partial charge in [-0.15, -0.1) is 0 Å². The first-order valence-electron chi connectivity index (χ1n) is 12.5. The van der Waals surface area contributed by atoms with E-state index in [0.717, 1.165) is 35.6 Å². The summed E-state index contributed by atoms with van der Waals surface area (Å²) < 4.78 is 13.5. The highest BCUT2D eigenvalue weighted by atomic mass is 16.5. The zero-order valence-corrected chi connectivity index (χ0v) is 21.6. The molecule has 1 heterocycles. The normalized spacial score (nSPS) is 11.4. The number of amides is 1. The summed E-state index contributed by atoms with van der Waals surface area (Å²) in [5.74, 6) is 2.25. The second-order valence-corrected chi connectivity index (χ2v) is 9.85. The summed E-state index contributed by atoms with van der Waals surface area (Å²) in [5, 5.41) is 3.00. The predicted octanol–water partition coefficient (Wildman–Crippen LogP) is 5.78. The van der Waals surface area contributed by atoms with Crippen molar-refractivity contribution in [3.63, 3.8) is 0 Å². The molecule has 0 spiro atoms. The monoisotopic (exact) mass is 485 g/mol.